The van der Waals surface area contributed by atoms with Gasteiger partial charge in [-0.25, -0.2) is 0 Å². The molecule has 0 bridgehead atoms. The molecule has 0 radical (unpaired) electrons. The van der Waals surface area contributed by atoms with E-state index in [0.717, 1.165) is 16.8 Å². The Kier molecular flexibility index (Phi) is 6.76. The number of fused-ring (bicyclic) bond motifs is 1. The van der Waals surface area contributed by atoms with Crippen LogP contribution >= 0.6 is 0 Å². The van der Waals surface area contributed by atoms with Gasteiger partial charge >= 0.3 is 0 Å². The van der Waals surface area contributed by atoms with Crippen LogP contribution in [0.3, 0.4) is 0 Å². The van der Waals surface area contributed by atoms with Crippen molar-refractivity contribution >= 4 is 17.7 Å². The minimum atomic E-state index is -0.399. The highest BCUT2D eigenvalue weighted by atomic mass is 16.5. The van der Waals surface area contributed by atoms with Crippen molar-refractivity contribution in [3.63, 3.8) is 0 Å². The molecule has 7 heteroatoms. The number of carbonyl (C=O) groups excluding carboxylic acids is 3. The third kappa shape index (κ3) is 5.26. The van der Waals surface area contributed by atoms with Gasteiger partial charge in [-0.15, -0.1) is 0 Å². The lowest BCUT2D eigenvalue weighted by molar-refractivity contribution is 0.0642. The molecule has 184 valence electrons. The van der Waals surface area contributed by atoms with Gasteiger partial charge in [-0.3, -0.25) is 24.3 Å². The van der Waals surface area contributed by atoms with Crippen molar-refractivity contribution in [2.45, 2.75) is 26.1 Å². The molecule has 1 aliphatic heterocycles. The molecule has 5 rings (SSSR count). The van der Waals surface area contributed by atoms with E-state index in [1.54, 1.807) is 18.3 Å². The van der Waals surface area contributed by atoms with Gasteiger partial charge in [-0.2, -0.15) is 0 Å². The number of hydrogen-bond donors (Lipinski definition) is 1. The first-order valence-electron chi connectivity index (χ1n) is 12.0. The zero-order chi connectivity index (χ0) is 25.8. The molecule has 7 nitrogen and oxygen atoms in total. The third-order valence-electron chi connectivity index (χ3n) is 6.23. The van der Waals surface area contributed by atoms with E-state index in [-0.39, 0.29) is 30.0 Å². The number of aromatic nitrogens is 1. The molecule has 3 aromatic carbocycles. The van der Waals surface area contributed by atoms with Crippen LogP contribution in [0.15, 0.2) is 97.2 Å². The van der Waals surface area contributed by atoms with Gasteiger partial charge in [0.05, 0.1) is 29.4 Å². The van der Waals surface area contributed by atoms with Crippen LogP contribution in [0.1, 0.15) is 60.9 Å². The number of amides is 3. The van der Waals surface area contributed by atoms with Crippen molar-refractivity contribution in [3.8, 4) is 5.75 Å². The molecule has 0 saturated heterocycles. The topological polar surface area (TPSA) is 88.6 Å². The van der Waals surface area contributed by atoms with Crippen LogP contribution in [-0.4, -0.2) is 27.6 Å². The standard InChI is InChI=1S/C30H25N3O4/c1-20(22-10-7-12-25(16-22)37-19-24-11-5-6-15-31-24)32-28(34)23-13-14-26-27(17-23)30(36)33(29(26)35)18-21-8-3-2-4-9-21/h2-17,20H,18-19H2,1H3,(H,32,34). The first kappa shape index (κ1) is 23.9. The van der Waals surface area contributed by atoms with Crippen LogP contribution in [0.25, 0.3) is 0 Å². The molecule has 0 saturated carbocycles. The summed E-state index contributed by atoms with van der Waals surface area (Å²) in [6, 6.07) is 26.8. The molecule has 0 aliphatic carbocycles. The molecular formula is C30H25N3O4. The summed E-state index contributed by atoms with van der Waals surface area (Å²) in [6.45, 7) is 2.40. The number of rotatable bonds is 8. The second kappa shape index (κ2) is 10.5. The van der Waals surface area contributed by atoms with Gasteiger partial charge in [0.25, 0.3) is 17.7 Å². The fourth-order valence-corrected chi connectivity index (χ4v) is 4.22. The SMILES string of the molecule is CC(NC(=O)c1ccc2c(c1)C(=O)N(Cc1ccccc1)C2=O)c1cccc(OCc2ccccn2)c1. The third-order valence-corrected chi connectivity index (χ3v) is 6.23. The van der Waals surface area contributed by atoms with Crippen LogP contribution < -0.4 is 10.1 Å². The van der Waals surface area contributed by atoms with Crippen molar-refractivity contribution in [3.05, 3.63) is 131 Å². The molecule has 2 heterocycles. The van der Waals surface area contributed by atoms with Gasteiger partial charge in [0.2, 0.25) is 0 Å². The van der Waals surface area contributed by atoms with E-state index in [1.165, 1.54) is 11.0 Å². The van der Waals surface area contributed by atoms with Gasteiger partial charge in [0.1, 0.15) is 12.4 Å². The van der Waals surface area contributed by atoms with E-state index in [0.29, 0.717) is 23.5 Å². The van der Waals surface area contributed by atoms with Crippen molar-refractivity contribution in [2.75, 3.05) is 0 Å². The van der Waals surface area contributed by atoms with Crippen molar-refractivity contribution in [1.29, 1.82) is 0 Å². The van der Waals surface area contributed by atoms with Crippen molar-refractivity contribution < 1.29 is 19.1 Å². The number of ether oxygens (including phenoxy) is 1. The summed E-state index contributed by atoms with van der Waals surface area (Å²) in [4.78, 5) is 44.3. The Bertz CT molecular complexity index is 1450. The smallest absolute Gasteiger partial charge is 0.261 e. The Morgan fingerprint density at radius 3 is 2.46 bits per heavy atom. The Balaban J connectivity index is 1.25. The predicted molar refractivity (Wildman–Crippen MR) is 138 cm³/mol. The summed E-state index contributed by atoms with van der Waals surface area (Å²) in [5, 5.41) is 2.97. The molecule has 1 N–H and O–H groups in total. The highest BCUT2D eigenvalue weighted by Gasteiger charge is 2.36. The lowest BCUT2D eigenvalue weighted by Gasteiger charge is -2.16. The summed E-state index contributed by atoms with van der Waals surface area (Å²) in [7, 11) is 0. The molecule has 1 unspecified atom stereocenters. The van der Waals surface area contributed by atoms with E-state index < -0.39 is 5.91 Å². The van der Waals surface area contributed by atoms with Gasteiger partial charge in [-0.1, -0.05) is 48.5 Å². The largest absolute Gasteiger partial charge is 0.487 e. The maximum absolute atomic E-state index is 13.0. The summed E-state index contributed by atoms with van der Waals surface area (Å²) >= 11 is 0. The number of carbonyl (C=O) groups is 3. The zero-order valence-electron chi connectivity index (χ0n) is 20.3. The Morgan fingerprint density at radius 2 is 1.68 bits per heavy atom. The zero-order valence-corrected chi connectivity index (χ0v) is 20.3. The Labute approximate surface area is 214 Å². The molecular weight excluding hydrogens is 466 g/mol. The summed E-state index contributed by atoms with van der Waals surface area (Å²) in [6.07, 6.45) is 1.72. The Hall–Kier alpha value is -4.78. The number of nitrogens with zero attached hydrogens (tertiary/aromatic N) is 2. The average molecular weight is 492 g/mol. The van der Waals surface area contributed by atoms with Crippen LogP contribution in [0, 0.1) is 0 Å². The van der Waals surface area contributed by atoms with Gasteiger partial charge < -0.3 is 10.1 Å². The molecule has 1 atom stereocenters. The number of pyridine rings is 1. The highest BCUT2D eigenvalue weighted by Crippen LogP contribution is 2.26. The minimum Gasteiger partial charge on any atom is -0.487 e. The predicted octanol–water partition coefficient (Wildman–Crippen LogP) is 4.95. The van der Waals surface area contributed by atoms with Gasteiger partial charge in [-0.05, 0) is 60.5 Å². The molecule has 1 aromatic heterocycles. The number of nitrogens with one attached hydrogen (secondary N) is 1. The quantitative estimate of drug-likeness (QED) is 0.353. The molecule has 0 spiro atoms. The second-order valence-corrected chi connectivity index (χ2v) is 8.82. The summed E-state index contributed by atoms with van der Waals surface area (Å²) in [5.74, 6) is -0.419. The fraction of sp³-hybridized carbons (Fsp3) is 0.133. The molecule has 1 aliphatic rings. The van der Waals surface area contributed by atoms with Gasteiger partial charge in [0, 0.05) is 11.8 Å². The van der Waals surface area contributed by atoms with E-state index in [2.05, 4.69) is 10.3 Å². The number of imide groups is 1. The van der Waals surface area contributed by atoms with E-state index in [1.807, 2.05) is 79.7 Å². The molecule has 37 heavy (non-hydrogen) atoms. The van der Waals surface area contributed by atoms with E-state index in [9.17, 15) is 14.4 Å². The normalized spacial score (nSPS) is 13.3. The maximum Gasteiger partial charge on any atom is 0.261 e. The summed E-state index contributed by atoms with van der Waals surface area (Å²) in [5.41, 5.74) is 3.41. The van der Waals surface area contributed by atoms with Gasteiger partial charge in [0.15, 0.2) is 0 Å². The first-order valence-corrected chi connectivity index (χ1v) is 12.0. The lowest BCUT2D eigenvalue weighted by Crippen LogP contribution is -2.29. The Morgan fingerprint density at radius 1 is 0.892 bits per heavy atom. The van der Waals surface area contributed by atoms with Crippen molar-refractivity contribution in [2.24, 2.45) is 0 Å². The monoisotopic (exact) mass is 491 g/mol. The number of benzene rings is 3. The van der Waals surface area contributed by atoms with Crippen LogP contribution in [-0.2, 0) is 13.2 Å². The minimum absolute atomic E-state index is 0.185. The van der Waals surface area contributed by atoms with Crippen LogP contribution in [0.5, 0.6) is 5.75 Å². The van der Waals surface area contributed by atoms with Crippen molar-refractivity contribution in [1.82, 2.24) is 15.2 Å². The molecule has 3 amide bonds. The summed E-state index contributed by atoms with van der Waals surface area (Å²) < 4.78 is 5.85. The molecule has 0 fully saturated rings. The first-order chi connectivity index (χ1) is 18.0. The molecule has 4 aromatic rings. The fourth-order valence-electron chi connectivity index (χ4n) is 4.22. The van der Waals surface area contributed by atoms with E-state index >= 15 is 0 Å². The average Bonchev–Trinajstić information content (AvgIpc) is 3.17. The highest BCUT2D eigenvalue weighted by molar-refractivity contribution is 6.22. The van der Waals surface area contributed by atoms with Crippen LogP contribution in [0.2, 0.25) is 0 Å². The van der Waals surface area contributed by atoms with E-state index in [4.69, 9.17) is 4.74 Å². The lowest BCUT2D eigenvalue weighted by atomic mass is 10.0. The maximum atomic E-state index is 13.0. The second-order valence-electron chi connectivity index (χ2n) is 8.82. The number of hydrogen-bond acceptors (Lipinski definition) is 5. The van der Waals surface area contributed by atoms with Crippen LogP contribution in [0.4, 0.5) is 0 Å².